The molecule has 0 saturated carbocycles. The maximum atomic E-state index is 12.3. The lowest BCUT2D eigenvalue weighted by Gasteiger charge is -2.43. The first-order chi connectivity index (χ1) is 10.7. The first-order valence-corrected chi connectivity index (χ1v) is 7.15. The molecule has 1 aromatic carbocycles. The van der Waals surface area contributed by atoms with Crippen molar-refractivity contribution in [2.24, 2.45) is 0 Å². The Morgan fingerprint density at radius 2 is 2.05 bits per heavy atom. The molecule has 2 rings (SSSR count). The van der Waals surface area contributed by atoms with Crippen LogP contribution in [-0.4, -0.2) is 53.9 Å². The smallest absolute Gasteiger partial charge is 0.261 e. The highest BCUT2D eigenvalue weighted by Gasteiger charge is 2.41. The summed E-state index contributed by atoms with van der Waals surface area (Å²) in [5.74, 6) is 0.345. The van der Waals surface area contributed by atoms with Gasteiger partial charge in [-0.15, -0.1) is 13.2 Å². The minimum absolute atomic E-state index is 0.0604. The molecule has 5 heteroatoms. The van der Waals surface area contributed by atoms with Crippen LogP contribution in [0.5, 0.6) is 5.75 Å². The minimum Gasteiger partial charge on any atom is -0.484 e. The van der Waals surface area contributed by atoms with Crippen molar-refractivity contribution in [2.45, 2.75) is 6.04 Å². The molecule has 1 aliphatic rings. The number of ether oxygens (including phenoxy) is 1. The van der Waals surface area contributed by atoms with E-state index in [2.05, 4.69) is 13.2 Å². The van der Waals surface area contributed by atoms with Gasteiger partial charge in [0.2, 0.25) is 5.91 Å². The fraction of sp³-hybridized carbons (Fsp3) is 0.294. The molecule has 1 aliphatic heterocycles. The van der Waals surface area contributed by atoms with Gasteiger partial charge >= 0.3 is 0 Å². The molecule has 1 fully saturated rings. The summed E-state index contributed by atoms with van der Waals surface area (Å²) in [4.78, 5) is 27.5. The molecule has 1 aromatic rings. The van der Waals surface area contributed by atoms with Crippen LogP contribution in [0.1, 0.15) is 0 Å². The molecule has 1 saturated heterocycles. The van der Waals surface area contributed by atoms with Crippen LogP contribution < -0.4 is 4.74 Å². The number of benzene rings is 1. The second-order valence-corrected chi connectivity index (χ2v) is 4.98. The van der Waals surface area contributed by atoms with E-state index in [9.17, 15) is 9.59 Å². The van der Waals surface area contributed by atoms with E-state index >= 15 is 0 Å². The molecule has 0 radical (unpaired) electrons. The van der Waals surface area contributed by atoms with Gasteiger partial charge in [-0.25, -0.2) is 0 Å². The van der Waals surface area contributed by atoms with Gasteiger partial charge in [0.05, 0.1) is 6.54 Å². The summed E-state index contributed by atoms with van der Waals surface area (Å²) in [6, 6.07) is 8.69. The van der Waals surface area contributed by atoms with Gasteiger partial charge in [0, 0.05) is 13.1 Å². The van der Waals surface area contributed by atoms with E-state index in [-0.39, 0.29) is 18.4 Å². The van der Waals surface area contributed by atoms with E-state index in [4.69, 9.17) is 4.74 Å². The van der Waals surface area contributed by atoms with E-state index in [1.807, 2.05) is 18.2 Å². The van der Waals surface area contributed by atoms with Gasteiger partial charge in [0.1, 0.15) is 11.8 Å². The number of carbonyl (C=O) groups is 2. The summed E-state index contributed by atoms with van der Waals surface area (Å²) in [6.07, 6.45) is 3.29. The Hall–Kier alpha value is -2.56. The van der Waals surface area contributed by atoms with Crippen molar-refractivity contribution < 1.29 is 14.3 Å². The number of likely N-dealkylation sites (tertiary alicyclic amines) is 1. The number of amides is 2. The van der Waals surface area contributed by atoms with E-state index in [1.54, 1.807) is 29.2 Å². The summed E-state index contributed by atoms with van der Waals surface area (Å²) in [5.41, 5.74) is 0. The van der Waals surface area contributed by atoms with Crippen LogP contribution in [0.4, 0.5) is 0 Å². The molecule has 0 unspecified atom stereocenters. The lowest BCUT2D eigenvalue weighted by atomic mass is 10.1. The maximum Gasteiger partial charge on any atom is 0.261 e. The van der Waals surface area contributed by atoms with Crippen molar-refractivity contribution >= 4 is 11.8 Å². The number of nitrogens with zero attached hydrogens (tertiary/aromatic N) is 2. The Balaban J connectivity index is 1.93. The molecule has 1 atom stereocenters. The molecule has 22 heavy (non-hydrogen) atoms. The standard InChI is InChI=1S/C17H20N2O3/c1-3-10-18-12-15(17(18)21)19(11-4-2)16(20)13-22-14-8-6-5-7-9-14/h3-9,15H,1-2,10-13H2/t15-/m0/s1. The summed E-state index contributed by atoms with van der Waals surface area (Å²) < 4.78 is 5.46. The Kier molecular flexibility index (Phi) is 5.36. The quantitative estimate of drug-likeness (QED) is 0.540. The average Bonchev–Trinajstić information content (AvgIpc) is 2.55. The van der Waals surface area contributed by atoms with E-state index in [0.717, 1.165) is 0 Å². The monoisotopic (exact) mass is 300 g/mol. The van der Waals surface area contributed by atoms with Crippen LogP contribution >= 0.6 is 0 Å². The lowest BCUT2D eigenvalue weighted by molar-refractivity contribution is -0.156. The van der Waals surface area contributed by atoms with Crippen molar-refractivity contribution in [1.82, 2.24) is 9.80 Å². The Labute approximate surface area is 130 Å². The predicted octanol–water partition coefficient (Wildman–Crippen LogP) is 1.48. The van der Waals surface area contributed by atoms with Crippen molar-refractivity contribution in [3.05, 3.63) is 55.6 Å². The maximum absolute atomic E-state index is 12.3. The number of rotatable bonds is 8. The largest absolute Gasteiger partial charge is 0.484 e. The fourth-order valence-electron chi connectivity index (χ4n) is 2.31. The highest BCUT2D eigenvalue weighted by atomic mass is 16.5. The first kappa shape index (κ1) is 15.8. The lowest BCUT2D eigenvalue weighted by Crippen LogP contribution is -2.65. The summed E-state index contributed by atoms with van der Waals surface area (Å²) in [7, 11) is 0. The minimum atomic E-state index is -0.426. The first-order valence-electron chi connectivity index (χ1n) is 7.15. The second-order valence-electron chi connectivity index (χ2n) is 4.98. The fourth-order valence-corrected chi connectivity index (χ4v) is 2.31. The summed E-state index contributed by atoms with van der Waals surface area (Å²) in [6.45, 7) is 8.52. The molecule has 5 nitrogen and oxygen atoms in total. The third-order valence-electron chi connectivity index (χ3n) is 3.47. The summed E-state index contributed by atoms with van der Waals surface area (Å²) in [5, 5.41) is 0. The predicted molar refractivity (Wildman–Crippen MR) is 84.4 cm³/mol. The van der Waals surface area contributed by atoms with Crippen LogP contribution in [0.2, 0.25) is 0 Å². The van der Waals surface area contributed by atoms with Crippen LogP contribution in [0, 0.1) is 0 Å². The Morgan fingerprint density at radius 3 is 2.64 bits per heavy atom. The Bertz CT molecular complexity index is 556. The highest BCUT2D eigenvalue weighted by Crippen LogP contribution is 2.17. The zero-order chi connectivity index (χ0) is 15.9. The van der Waals surface area contributed by atoms with Gasteiger partial charge < -0.3 is 14.5 Å². The van der Waals surface area contributed by atoms with Gasteiger partial charge in [-0.3, -0.25) is 9.59 Å². The molecule has 1 heterocycles. The molecular weight excluding hydrogens is 280 g/mol. The molecule has 2 amide bonds. The number of para-hydroxylation sites is 1. The second kappa shape index (κ2) is 7.45. The molecular formula is C17H20N2O3. The number of hydrogen-bond acceptors (Lipinski definition) is 3. The van der Waals surface area contributed by atoms with Gasteiger partial charge in [0.25, 0.3) is 5.91 Å². The van der Waals surface area contributed by atoms with Crippen LogP contribution in [0.15, 0.2) is 55.6 Å². The molecule has 116 valence electrons. The molecule has 0 aliphatic carbocycles. The summed E-state index contributed by atoms with van der Waals surface area (Å²) >= 11 is 0. The number of β-lactam (4-membered cyclic amide) rings is 1. The highest BCUT2D eigenvalue weighted by molar-refractivity contribution is 5.92. The van der Waals surface area contributed by atoms with Gasteiger partial charge in [0.15, 0.2) is 6.61 Å². The molecule has 0 bridgehead atoms. The van der Waals surface area contributed by atoms with E-state index < -0.39 is 6.04 Å². The van der Waals surface area contributed by atoms with E-state index in [1.165, 1.54) is 4.90 Å². The number of hydrogen-bond donors (Lipinski definition) is 0. The van der Waals surface area contributed by atoms with Crippen molar-refractivity contribution in [3.63, 3.8) is 0 Å². The van der Waals surface area contributed by atoms with E-state index in [0.29, 0.717) is 25.4 Å². The zero-order valence-electron chi connectivity index (χ0n) is 12.5. The van der Waals surface area contributed by atoms with Crippen LogP contribution in [0.3, 0.4) is 0 Å². The molecule has 0 spiro atoms. The molecule has 0 N–H and O–H groups in total. The normalized spacial score (nSPS) is 16.6. The zero-order valence-corrected chi connectivity index (χ0v) is 12.5. The number of carbonyl (C=O) groups excluding carboxylic acids is 2. The third kappa shape index (κ3) is 3.55. The van der Waals surface area contributed by atoms with Gasteiger partial charge in [-0.05, 0) is 12.1 Å². The van der Waals surface area contributed by atoms with Crippen LogP contribution in [0.25, 0.3) is 0 Å². The molecule has 0 aromatic heterocycles. The average molecular weight is 300 g/mol. The Morgan fingerprint density at radius 1 is 1.32 bits per heavy atom. The topological polar surface area (TPSA) is 49.9 Å². The van der Waals surface area contributed by atoms with Crippen molar-refractivity contribution in [2.75, 3.05) is 26.2 Å². The van der Waals surface area contributed by atoms with Gasteiger partial charge in [-0.2, -0.15) is 0 Å². The van der Waals surface area contributed by atoms with Crippen molar-refractivity contribution in [1.29, 1.82) is 0 Å². The van der Waals surface area contributed by atoms with Crippen molar-refractivity contribution in [3.8, 4) is 5.75 Å². The third-order valence-corrected chi connectivity index (χ3v) is 3.47. The van der Waals surface area contributed by atoms with Crippen LogP contribution in [-0.2, 0) is 9.59 Å². The SMILES string of the molecule is C=CCN1C[C@H](N(CC=C)C(=O)COc2ccccc2)C1=O. The van der Waals surface area contributed by atoms with Gasteiger partial charge in [-0.1, -0.05) is 30.4 Å².